The number of benzene rings is 1. The number of aromatic nitrogens is 4. The average Bonchev–Trinajstić information content (AvgIpc) is 3.02. The summed E-state index contributed by atoms with van der Waals surface area (Å²) < 4.78 is 7.16. The van der Waals surface area contributed by atoms with Crippen molar-refractivity contribution in [2.75, 3.05) is 12.9 Å². The van der Waals surface area contributed by atoms with Crippen molar-refractivity contribution in [1.82, 2.24) is 20.2 Å². The van der Waals surface area contributed by atoms with Gasteiger partial charge in [-0.2, -0.15) is 4.68 Å². The molecule has 0 radical (unpaired) electrons. The number of para-hydroxylation sites is 2. The molecule has 0 spiro atoms. The Morgan fingerprint density at radius 1 is 1.24 bits per heavy atom. The molecular formula is C15H20N4OS. The minimum absolute atomic E-state index is 0.782. The quantitative estimate of drug-likeness (QED) is 0.793. The van der Waals surface area contributed by atoms with E-state index in [0.717, 1.165) is 28.3 Å². The Bertz CT molecular complexity index is 581. The summed E-state index contributed by atoms with van der Waals surface area (Å²) in [6, 6.07) is 7.81. The van der Waals surface area contributed by atoms with Crippen LogP contribution in [0.5, 0.6) is 5.75 Å². The highest BCUT2D eigenvalue weighted by Gasteiger charge is 2.17. The number of nitrogens with zero attached hydrogens (tertiary/aromatic N) is 4. The van der Waals surface area contributed by atoms with Crippen molar-refractivity contribution in [2.24, 2.45) is 5.92 Å². The molecule has 1 saturated carbocycles. The molecule has 1 aromatic carbocycles. The Morgan fingerprint density at radius 3 is 2.86 bits per heavy atom. The second-order valence-corrected chi connectivity index (χ2v) is 6.35. The van der Waals surface area contributed by atoms with Gasteiger partial charge in [0.1, 0.15) is 11.4 Å². The van der Waals surface area contributed by atoms with Crippen LogP contribution in [0.3, 0.4) is 0 Å². The summed E-state index contributed by atoms with van der Waals surface area (Å²) >= 11 is 1.75. The van der Waals surface area contributed by atoms with Crippen LogP contribution in [0.25, 0.3) is 5.69 Å². The lowest BCUT2D eigenvalue weighted by Crippen LogP contribution is -2.09. The van der Waals surface area contributed by atoms with Gasteiger partial charge in [0, 0.05) is 5.75 Å². The molecule has 0 saturated heterocycles. The first-order chi connectivity index (χ1) is 10.4. The van der Waals surface area contributed by atoms with Gasteiger partial charge in [-0.15, -0.1) is 5.10 Å². The van der Waals surface area contributed by atoms with Crippen LogP contribution in [0.1, 0.15) is 32.1 Å². The molecular weight excluding hydrogens is 284 g/mol. The van der Waals surface area contributed by atoms with Crippen molar-refractivity contribution < 1.29 is 4.74 Å². The van der Waals surface area contributed by atoms with Crippen molar-refractivity contribution in [3.8, 4) is 11.4 Å². The van der Waals surface area contributed by atoms with E-state index in [-0.39, 0.29) is 0 Å². The van der Waals surface area contributed by atoms with Gasteiger partial charge in [0.15, 0.2) is 0 Å². The van der Waals surface area contributed by atoms with Gasteiger partial charge in [-0.25, -0.2) is 0 Å². The monoisotopic (exact) mass is 304 g/mol. The van der Waals surface area contributed by atoms with Crippen molar-refractivity contribution in [1.29, 1.82) is 0 Å². The Hall–Kier alpha value is -1.56. The third-order valence-electron chi connectivity index (χ3n) is 3.93. The molecule has 112 valence electrons. The van der Waals surface area contributed by atoms with E-state index in [4.69, 9.17) is 4.74 Å². The SMILES string of the molecule is COc1ccccc1-n1nnnc1SCC1CCCCC1. The highest BCUT2D eigenvalue weighted by Crippen LogP contribution is 2.31. The van der Waals surface area contributed by atoms with Crippen LogP contribution in [0.4, 0.5) is 0 Å². The molecule has 6 heteroatoms. The van der Waals surface area contributed by atoms with E-state index in [2.05, 4.69) is 15.5 Å². The normalized spacial score (nSPS) is 16.0. The minimum Gasteiger partial charge on any atom is -0.494 e. The van der Waals surface area contributed by atoms with E-state index >= 15 is 0 Å². The van der Waals surface area contributed by atoms with Gasteiger partial charge in [-0.3, -0.25) is 0 Å². The topological polar surface area (TPSA) is 52.8 Å². The molecule has 0 amide bonds. The van der Waals surface area contributed by atoms with Gasteiger partial charge in [-0.05, 0) is 41.3 Å². The maximum absolute atomic E-state index is 5.39. The van der Waals surface area contributed by atoms with Crippen LogP contribution in [0.15, 0.2) is 29.4 Å². The highest BCUT2D eigenvalue weighted by atomic mass is 32.2. The van der Waals surface area contributed by atoms with E-state index < -0.39 is 0 Å². The zero-order valence-corrected chi connectivity index (χ0v) is 13.1. The summed E-state index contributed by atoms with van der Waals surface area (Å²) in [7, 11) is 1.66. The predicted octanol–water partition coefficient (Wildman–Crippen LogP) is 3.34. The van der Waals surface area contributed by atoms with Gasteiger partial charge in [-0.1, -0.05) is 43.2 Å². The lowest BCUT2D eigenvalue weighted by atomic mass is 9.91. The number of hydrogen-bond acceptors (Lipinski definition) is 5. The summed E-state index contributed by atoms with van der Waals surface area (Å²) in [5.41, 5.74) is 0.885. The first-order valence-corrected chi connectivity index (χ1v) is 8.41. The maximum Gasteiger partial charge on any atom is 0.214 e. The van der Waals surface area contributed by atoms with Crippen LogP contribution >= 0.6 is 11.8 Å². The van der Waals surface area contributed by atoms with Crippen molar-refractivity contribution in [3.05, 3.63) is 24.3 Å². The van der Waals surface area contributed by atoms with Gasteiger partial charge in [0.25, 0.3) is 0 Å². The molecule has 1 aliphatic carbocycles. The summed E-state index contributed by atoms with van der Waals surface area (Å²) in [6.45, 7) is 0. The number of ether oxygens (including phenoxy) is 1. The zero-order valence-electron chi connectivity index (χ0n) is 12.2. The number of methoxy groups -OCH3 is 1. The van der Waals surface area contributed by atoms with Gasteiger partial charge in [0.2, 0.25) is 5.16 Å². The third kappa shape index (κ3) is 3.37. The molecule has 1 fully saturated rings. The summed E-state index contributed by atoms with van der Waals surface area (Å²) in [4.78, 5) is 0. The van der Waals surface area contributed by atoms with E-state index in [9.17, 15) is 0 Å². The largest absolute Gasteiger partial charge is 0.494 e. The second-order valence-electron chi connectivity index (χ2n) is 5.36. The molecule has 21 heavy (non-hydrogen) atoms. The van der Waals surface area contributed by atoms with E-state index in [1.165, 1.54) is 32.1 Å². The molecule has 0 N–H and O–H groups in total. The Kier molecular flexibility index (Phi) is 4.75. The average molecular weight is 304 g/mol. The lowest BCUT2D eigenvalue weighted by Gasteiger charge is -2.20. The number of rotatable bonds is 5. The van der Waals surface area contributed by atoms with Crippen molar-refractivity contribution >= 4 is 11.8 Å². The lowest BCUT2D eigenvalue weighted by molar-refractivity contribution is 0.390. The van der Waals surface area contributed by atoms with Crippen LogP contribution in [-0.4, -0.2) is 33.1 Å². The van der Waals surface area contributed by atoms with Crippen LogP contribution < -0.4 is 4.74 Å². The van der Waals surface area contributed by atoms with E-state index in [0.29, 0.717) is 0 Å². The van der Waals surface area contributed by atoms with E-state index in [1.54, 1.807) is 23.6 Å². The highest BCUT2D eigenvalue weighted by molar-refractivity contribution is 7.99. The Balaban J connectivity index is 1.74. The minimum atomic E-state index is 0.782. The molecule has 5 nitrogen and oxygen atoms in total. The summed E-state index contributed by atoms with van der Waals surface area (Å²) in [5.74, 6) is 2.67. The maximum atomic E-state index is 5.39. The van der Waals surface area contributed by atoms with Crippen molar-refractivity contribution in [2.45, 2.75) is 37.3 Å². The molecule has 0 atom stereocenters. The molecule has 1 aliphatic rings. The molecule has 0 aliphatic heterocycles. The molecule has 2 aromatic rings. The molecule has 1 aromatic heterocycles. The zero-order chi connectivity index (χ0) is 14.5. The molecule has 0 unspecified atom stereocenters. The Labute approximate surface area is 129 Å². The number of tetrazole rings is 1. The van der Waals surface area contributed by atoms with Crippen molar-refractivity contribution in [3.63, 3.8) is 0 Å². The smallest absolute Gasteiger partial charge is 0.214 e. The van der Waals surface area contributed by atoms with E-state index in [1.807, 2.05) is 24.3 Å². The first kappa shape index (κ1) is 14.4. The van der Waals surface area contributed by atoms with Crippen LogP contribution in [-0.2, 0) is 0 Å². The number of hydrogen-bond donors (Lipinski definition) is 0. The fraction of sp³-hybridized carbons (Fsp3) is 0.533. The Morgan fingerprint density at radius 2 is 2.05 bits per heavy atom. The second kappa shape index (κ2) is 6.93. The third-order valence-corrected chi connectivity index (χ3v) is 5.08. The summed E-state index contributed by atoms with van der Waals surface area (Å²) in [5, 5.41) is 12.9. The first-order valence-electron chi connectivity index (χ1n) is 7.43. The van der Waals surface area contributed by atoms with Gasteiger partial charge >= 0.3 is 0 Å². The standard InChI is InChI=1S/C15H20N4OS/c1-20-14-10-6-5-9-13(14)19-15(16-17-18-19)21-11-12-7-3-2-4-8-12/h5-6,9-10,12H,2-4,7-8,11H2,1H3. The van der Waals surface area contributed by atoms with Crippen LogP contribution in [0.2, 0.25) is 0 Å². The van der Waals surface area contributed by atoms with Crippen LogP contribution in [0, 0.1) is 5.92 Å². The van der Waals surface area contributed by atoms with Gasteiger partial charge in [0.05, 0.1) is 7.11 Å². The fourth-order valence-corrected chi connectivity index (χ4v) is 3.84. The number of thioether (sulfide) groups is 1. The predicted molar refractivity (Wildman–Crippen MR) is 83.0 cm³/mol. The van der Waals surface area contributed by atoms with Gasteiger partial charge < -0.3 is 4.74 Å². The fourth-order valence-electron chi connectivity index (χ4n) is 2.77. The summed E-state index contributed by atoms with van der Waals surface area (Å²) in [6.07, 6.45) is 6.79. The molecule has 1 heterocycles. The molecule has 3 rings (SSSR count). The molecule has 0 bridgehead atoms.